The molecule has 1 aromatic rings. The van der Waals surface area contributed by atoms with E-state index in [1.54, 1.807) is 14.2 Å². The smallest absolute Gasteiger partial charge is 0.254 e. The van der Waals surface area contributed by atoms with Gasteiger partial charge >= 0.3 is 0 Å². The highest BCUT2D eigenvalue weighted by Crippen LogP contribution is 2.48. The Hall–Kier alpha value is -1.98. The van der Waals surface area contributed by atoms with Crippen LogP contribution in [0.3, 0.4) is 0 Å². The molecule has 0 aromatic heterocycles. The van der Waals surface area contributed by atoms with Crippen LogP contribution in [0.1, 0.15) is 23.6 Å². The fourth-order valence-electron chi connectivity index (χ4n) is 3.03. The molecule has 0 radical (unpaired) electrons. The second-order valence-corrected chi connectivity index (χ2v) is 4.85. The Morgan fingerprint density at radius 3 is 2.30 bits per heavy atom. The monoisotopic (exact) mass is 273 g/mol. The van der Waals surface area contributed by atoms with Crippen molar-refractivity contribution in [2.75, 3.05) is 14.2 Å². The molecule has 2 aliphatic rings. The van der Waals surface area contributed by atoms with E-state index in [1.165, 1.54) is 17.1 Å². The molecule has 1 aliphatic heterocycles. The standard InChI is InChI=1S/C15H15NO4/c1-19-15(20-2)9-12(10-5-3-4-6-11(10)15)16-13(17)7-8-14(16)18/h3-8,12H,9H2,1-2H3/t12-/m0/s1. The minimum absolute atomic E-state index is 0.294. The molecule has 20 heavy (non-hydrogen) atoms. The molecular weight excluding hydrogens is 258 g/mol. The predicted octanol–water partition coefficient (Wildman–Crippen LogP) is 1.50. The largest absolute Gasteiger partial charge is 0.349 e. The Morgan fingerprint density at radius 1 is 1.10 bits per heavy atom. The molecule has 5 heteroatoms. The molecule has 104 valence electrons. The quantitative estimate of drug-likeness (QED) is 0.618. The Balaban J connectivity index is 2.08. The highest BCUT2D eigenvalue weighted by molar-refractivity contribution is 6.13. The fraction of sp³-hybridized carbons (Fsp3) is 0.333. The molecule has 0 unspecified atom stereocenters. The summed E-state index contributed by atoms with van der Waals surface area (Å²) >= 11 is 0. The van der Waals surface area contributed by atoms with Gasteiger partial charge in [-0.05, 0) is 5.56 Å². The lowest BCUT2D eigenvalue weighted by atomic mass is 10.1. The van der Waals surface area contributed by atoms with Gasteiger partial charge in [-0.1, -0.05) is 24.3 Å². The highest BCUT2D eigenvalue weighted by atomic mass is 16.7. The fourth-order valence-corrected chi connectivity index (χ4v) is 3.03. The minimum Gasteiger partial charge on any atom is -0.349 e. The maximum absolute atomic E-state index is 11.9. The van der Waals surface area contributed by atoms with Gasteiger partial charge in [0.2, 0.25) is 0 Å². The van der Waals surface area contributed by atoms with Gasteiger partial charge in [0.25, 0.3) is 11.8 Å². The first kappa shape index (κ1) is 13.0. The molecule has 2 amide bonds. The molecule has 0 fully saturated rings. The van der Waals surface area contributed by atoms with E-state index < -0.39 is 5.79 Å². The van der Waals surface area contributed by atoms with Crippen LogP contribution in [0.15, 0.2) is 36.4 Å². The van der Waals surface area contributed by atoms with Gasteiger partial charge in [0, 0.05) is 38.4 Å². The lowest BCUT2D eigenvalue weighted by Gasteiger charge is -2.28. The molecule has 0 saturated heterocycles. The molecule has 1 atom stereocenters. The first-order chi connectivity index (χ1) is 9.63. The van der Waals surface area contributed by atoms with Crippen LogP contribution in [0.5, 0.6) is 0 Å². The minimum atomic E-state index is -0.912. The van der Waals surface area contributed by atoms with E-state index in [-0.39, 0.29) is 17.9 Å². The number of methoxy groups -OCH3 is 2. The van der Waals surface area contributed by atoms with Crippen LogP contribution in [0.2, 0.25) is 0 Å². The zero-order valence-electron chi connectivity index (χ0n) is 11.3. The third kappa shape index (κ3) is 1.63. The van der Waals surface area contributed by atoms with E-state index in [2.05, 4.69) is 0 Å². The second kappa shape index (κ2) is 4.54. The number of hydrogen-bond acceptors (Lipinski definition) is 4. The van der Waals surface area contributed by atoms with Crippen molar-refractivity contribution in [1.29, 1.82) is 0 Å². The van der Waals surface area contributed by atoms with Gasteiger partial charge in [0.15, 0.2) is 5.79 Å². The summed E-state index contributed by atoms with van der Waals surface area (Å²) in [7, 11) is 3.13. The third-order valence-corrected chi connectivity index (χ3v) is 4.01. The van der Waals surface area contributed by atoms with Gasteiger partial charge in [-0.2, -0.15) is 0 Å². The van der Waals surface area contributed by atoms with E-state index in [9.17, 15) is 9.59 Å². The molecule has 5 nitrogen and oxygen atoms in total. The SMILES string of the molecule is COC1(OC)C[C@H](N2C(=O)C=CC2=O)c2ccccc21. The summed E-state index contributed by atoms with van der Waals surface area (Å²) in [5, 5.41) is 0. The van der Waals surface area contributed by atoms with Gasteiger partial charge in [0.05, 0.1) is 6.04 Å². The normalized spacial score (nSPS) is 23.5. The summed E-state index contributed by atoms with van der Waals surface area (Å²) in [6.07, 6.45) is 2.99. The Morgan fingerprint density at radius 2 is 1.70 bits per heavy atom. The third-order valence-electron chi connectivity index (χ3n) is 4.01. The molecule has 0 saturated carbocycles. The van der Waals surface area contributed by atoms with Crippen molar-refractivity contribution in [1.82, 2.24) is 4.90 Å². The molecule has 0 spiro atoms. The average Bonchev–Trinajstić information content (AvgIpc) is 2.98. The number of imide groups is 1. The van der Waals surface area contributed by atoms with E-state index in [0.29, 0.717) is 6.42 Å². The lowest BCUT2D eigenvalue weighted by Crippen LogP contribution is -2.35. The average molecular weight is 273 g/mol. The van der Waals surface area contributed by atoms with Crippen molar-refractivity contribution < 1.29 is 19.1 Å². The van der Waals surface area contributed by atoms with Crippen molar-refractivity contribution in [3.05, 3.63) is 47.5 Å². The summed E-state index contributed by atoms with van der Waals surface area (Å²) in [4.78, 5) is 25.1. The molecular formula is C15H15NO4. The van der Waals surface area contributed by atoms with Crippen molar-refractivity contribution in [3.8, 4) is 0 Å². The molecule has 0 N–H and O–H groups in total. The van der Waals surface area contributed by atoms with Crippen LogP contribution in [0.4, 0.5) is 0 Å². The summed E-state index contributed by atoms with van der Waals surface area (Å²) in [6, 6.07) is 7.21. The maximum Gasteiger partial charge on any atom is 0.254 e. The summed E-state index contributed by atoms with van der Waals surface area (Å²) in [5.74, 6) is -1.50. The Kier molecular flexibility index (Phi) is 2.96. The van der Waals surface area contributed by atoms with Crippen LogP contribution < -0.4 is 0 Å². The van der Waals surface area contributed by atoms with Gasteiger partial charge < -0.3 is 9.47 Å². The van der Waals surface area contributed by atoms with Crippen LogP contribution in [-0.2, 0) is 24.8 Å². The number of rotatable bonds is 3. The van der Waals surface area contributed by atoms with Crippen molar-refractivity contribution in [3.63, 3.8) is 0 Å². The number of nitrogens with zero attached hydrogens (tertiary/aromatic N) is 1. The zero-order valence-corrected chi connectivity index (χ0v) is 11.3. The topological polar surface area (TPSA) is 55.8 Å². The van der Waals surface area contributed by atoms with E-state index in [1.807, 2.05) is 24.3 Å². The van der Waals surface area contributed by atoms with Gasteiger partial charge in [-0.15, -0.1) is 0 Å². The molecule has 3 rings (SSSR count). The first-order valence-corrected chi connectivity index (χ1v) is 6.38. The second-order valence-electron chi connectivity index (χ2n) is 4.85. The number of amides is 2. The van der Waals surface area contributed by atoms with Crippen molar-refractivity contribution >= 4 is 11.8 Å². The molecule has 1 aromatic carbocycles. The highest BCUT2D eigenvalue weighted by Gasteiger charge is 2.49. The van der Waals surface area contributed by atoms with Crippen LogP contribution in [0, 0.1) is 0 Å². The zero-order chi connectivity index (χ0) is 14.3. The number of carbonyl (C=O) groups is 2. The molecule has 1 aliphatic carbocycles. The first-order valence-electron chi connectivity index (χ1n) is 6.38. The predicted molar refractivity (Wildman–Crippen MR) is 70.5 cm³/mol. The van der Waals surface area contributed by atoms with Gasteiger partial charge in [0.1, 0.15) is 0 Å². The summed E-state index contributed by atoms with van der Waals surface area (Å²) < 4.78 is 11.1. The van der Waals surface area contributed by atoms with E-state index in [4.69, 9.17) is 9.47 Å². The van der Waals surface area contributed by atoms with Gasteiger partial charge in [-0.3, -0.25) is 14.5 Å². The summed E-state index contributed by atoms with van der Waals surface area (Å²) in [6.45, 7) is 0. The van der Waals surface area contributed by atoms with Crippen LogP contribution in [0.25, 0.3) is 0 Å². The van der Waals surface area contributed by atoms with E-state index >= 15 is 0 Å². The molecule has 1 heterocycles. The Labute approximate surface area is 116 Å². The van der Waals surface area contributed by atoms with E-state index in [0.717, 1.165) is 11.1 Å². The number of hydrogen-bond donors (Lipinski definition) is 0. The van der Waals surface area contributed by atoms with Crippen LogP contribution in [-0.4, -0.2) is 30.9 Å². The number of fused-ring (bicyclic) bond motifs is 1. The Bertz CT molecular complexity index is 586. The van der Waals surface area contributed by atoms with Crippen molar-refractivity contribution in [2.24, 2.45) is 0 Å². The lowest BCUT2D eigenvalue weighted by molar-refractivity contribution is -0.218. The number of carbonyl (C=O) groups excluding carboxylic acids is 2. The van der Waals surface area contributed by atoms with Crippen LogP contribution >= 0.6 is 0 Å². The molecule has 0 bridgehead atoms. The van der Waals surface area contributed by atoms with Gasteiger partial charge in [-0.25, -0.2) is 0 Å². The maximum atomic E-state index is 11.9. The number of benzene rings is 1. The van der Waals surface area contributed by atoms with Crippen molar-refractivity contribution in [2.45, 2.75) is 18.2 Å². The number of ether oxygens (including phenoxy) is 2. The summed E-state index contributed by atoms with van der Waals surface area (Å²) in [5.41, 5.74) is 1.75.